The Balaban J connectivity index is 2.97. The molecule has 0 heterocycles. The molecule has 0 aromatic heterocycles. The molecular weight excluding hydrogens is 322 g/mol. The van der Waals surface area contributed by atoms with Gasteiger partial charge in [-0.3, -0.25) is 4.79 Å². The van der Waals surface area contributed by atoms with Gasteiger partial charge in [0.2, 0.25) is 0 Å². The van der Waals surface area contributed by atoms with Crippen molar-refractivity contribution in [2.24, 2.45) is 11.8 Å². The van der Waals surface area contributed by atoms with Gasteiger partial charge in [0.1, 0.15) is 0 Å². The zero-order valence-electron chi connectivity index (χ0n) is 9.05. The molecule has 0 amide bonds. The van der Waals surface area contributed by atoms with E-state index in [4.69, 9.17) is 11.6 Å². The Morgan fingerprint density at radius 1 is 1.33 bits per heavy atom. The number of rotatable bonds is 3. The van der Waals surface area contributed by atoms with Crippen LogP contribution in [0.3, 0.4) is 0 Å². The zero-order valence-corrected chi connectivity index (χ0v) is 12.0. The minimum absolute atomic E-state index is 0.0427. The third-order valence-electron chi connectivity index (χ3n) is 2.62. The number of carbonyl (C=O) groups is 1. The van der Waals surface area contributed by atoms with Crippen molar-refractivity contribution in [3.05, 3.63) is 32.4 Å². The number of Topliss-reactive ketones (excluding diaryl/α,β-unsaturated/α-hetero) is 1. The van der Waals surface area contributed by atoms with Crippen LogP contribution in [0.2, 0.25) is 5.02 Å². The first kappa shape index (κ1) is 13.0. The Morgan fingerprint density at radius 3 is 2.40 bits per heavy atom. The van der Waals surface area contributed by atoms with Crippen molar-refractivity contribution >= 4 is 40.0 Å². The van der Waals surface area contributed by atoms with E-state index in [2.05, 4.69) is 36.4 Å². The summed E-state index contributed by atoms with van der Waals surface area (Å²) in [6.45, 7) is 6.06. The van der Waals surface area contributed by atoms with E-state index >= 15 is 0 Å². The van der Waals surface area contributed by atoms with Gasteiger partial charge in [-0.05, 0) is 40.6 Å². The van der Waals surface area contributed by atoms with Crippen LogP contribution in [0.25, 0.3) is 0 Å². The lowest BCUT2D eigenvalue weighted by molar-refractivity contribution is 0.0900. The molecule has 0 spiro atoms. The van der Waals surface area contributed by atoms with Crippen LogP contribution in [0, 0.1) is 15.4 Å². The maximum Gasteiger partial charge on any atom is 0.165 e. The third-order valence-corrected chi connectivity index (χ3v) is 4.19. The van der Waals surface area contributed by atoms with Crippen molar-refractivity contribution in [1.82, 2.24) is 0 Å². The minimum atomic E-state index is 0.0427. The molecule has 0 aliphatic carbocycles. The maximum atomic E-state index is 12.0. The van der Waals surface area contributed by atoms with Gasteiger partial charge in [-0.2, -0.15) is 0 Å². The van der Waals surface area contributed by atoms with Crippen LogP contribution in [-0.4, -0.2) is 5.78 Å². The fourth-order valence-corrected chi connectivity index (χ4v) is 1.73. The van der Waals surface area contributed by atoms with Crippen LogP contribution in [0.4, 0.5) is 0 Å². The van der Waals surface area contributed by atoms with Gasteiger partial charge in [-0.1, -0.05) is 38.4 Å². The molecule has 82 valence electrons. The van der Waals surface area contributed by atoms with Crippen molar-refractivity contribution in [3.63, 3.8) is 0 Å². The first-order chi connectivity index (χ1) is 6.93. The summed E-state index contributed by atoms with van der Waals surface area (Å²) in [6.07, 6.45) is 0. The summed E-state index contributed by atoms with van der Waals surface area (Å²) in [7, 11) is 0. The molecule has 1 nitrogen and oxygen atoms in total. The van der Waals surface area contributed by atoms with Crippen molar-refractivity contribution in [1.29, 1.82) is 0 Å². The van der Waals surface area contributed by atoms with Gasteiger partial charge >= 0.3 is 0 Å². The molecule has 3 heteroatoms. The summed E-state index contributed by atoms with van der Waals surface area (Å²) in [5.74, 6) is 0.569. The first-order valence-corrected chi connectivity index (χ1v) is 6.38. The molecule has 0 aliphatic heterocycles. The molecule has 1 unspecified atom stereocenters. The number of halogens is 2. The van der Waals surface area contributed by atoms with Crippen LogP contribution < -0.4 is 0 Å². The summed E-state index contributed by atoms with van der Waals surface area (Å²) in [5.41, 5.74) is 0.710. The molecule has 0 N–H and O–H groups in total. The molecule has 0 fully saturated rings. The molecule has 1 rings (SSSR count). The van der Waals surface area contributed by atoms with Gasteiger partial charge < -0.3 is 0 Å². The standard InChI is InChI=1S/C12H14ClIO/c1-7(2)8(3)12(15)9-4-5-11(14)10(13)6-9/h4-8H,1-3H3. The van der Waals surface area contributed by atoms with Crippen molar-refractivity contribution in [3.8, 4) is 0 Å². The van der Waals surface area contributed by atoms with Gasteiger partial charge in [0, 0.05) is 15.1 Å². The molecule has 0 aliphatic rings. The Bertz CT molecular complexity index is 374. The molecular formula is C12H14ClIO. The number of ketones is 1. The summed E-state index contributed by atoms with van der Waals surface area (Å²) in [4.78, 5) is 12.0. The van der Waals surface area contributed by atoms with Gasteiger partial charge in [0.05, 0.1) is 5.02 Å². The van der Waals surface area contributed by atoms with Crippen LogP contribution in [0.1, 0.15) is 31.1 Å². The first-order valence-electron chi connectivity index (χ1n) is 4.92. The van der Waals surface area contributed by atoms with Crippen LogP contribution in [0.5, 0.6) is 0 Å². The molecule has 0 radical (unpaired) electrons. The van der Waals surface area contributed by atoms with E-state index in [-0.39, 0.29) is 11.7 Å². The highest BCUT2D eigenvalue weighted by molar-refractivity contribution is 14.1. The minimum Gasteiger partial charge on any atom is -0.294 e. The number of hydrogen-bond acceptors (Lipinski definition) is 1. The molecule has 1 aromatic rings. The van der Waals surface area contributed by atoms with E-state index < -0.39 is 0 Å². The Labute approximate surface area is 109 Å². The summed E-state index contributed by atoms with van der Waals surface area (Å²) < 4.78 is 0.975. The van der Waals surface area contributed by atoms with Gasteiger partial charge in [0.25, 0.3) is 0 Å². The predicted octanol–water partition coefficient (Wildman–Crippen LogP) is 4.42. The Morgan fingerprint density at radius 2 is 1.93 bits per heavy atom. The summed E-state index contributed by atoms with van der Waals surface area (Å²) in [5, 5.41) is 0.650. The Hall–Kier alpha value is -0.0900. The fourth-order valence-electron chi connectivity index (χ4n) is 1.22. The number of hydrogen-bond donors (Lipinski definition) is 0. The van der Waals surface area contributed by atoms with Gasteiger partial charge in [-0.25, -0.2) is 0 Å². The lowest BCUT2D eigenvalue weighted by Gasteiger charge is -2.14. The average molecular weight is 337 g/mol. The maximum absolute atomic E-state index is 12.0. The molecule has 1 aromatic carbocycles. The highest BCUT2D eigenvalue weighted by Crippen LogP contribution is 2.23. The van der Waals surface area contributed by atoms with E-state index in [9.17, 15) is 4.79 Å². The molecule has 15 heavy (non-hydrogen) atoms. The van der Waals surface area contributed by atoms with Crippen LogP contribution >= 0.6 is 34.2 Å². The quantitative estimate of drug-likeness (QED) is 0.590. The average Bonchev–Trinajstić information content (AvgIpc) is 2.19. The lowest BCUT2D eigenvalue weighted by atomic mass is 9.90. The molecule has 0 bridgehead atoms. The van der Waals surface area contributed by atoms with E-state index in [0.29, 0.717) is 16.5 Å². The second kappa shape index (κ2) is 5.30. The summed E-state index contributed by atoms with van der Waals surface area (Å²) >= 11 is 8.13. The predicted molar refractivity (Wildman–Crippen MR) is 72.5 cm³/mol. The highest BCUT2D eigenvalue weighted by atomic mass is 127. The van der Waals surface area contributed by atoms with Crippen LogP contribution in [0.15, 0.2) is 18.2 Å². The third kappa shape index (κ3) is 3.18. The van der Waals surface area contributed by atoms with Gasteiger partial charge in [-0.15, -0.1) is 0 Å². The van der Waals surface area contributed by atoms with E-state index in [0.717, 1.165) is 3.57 Å². The Kier molecular flexibility index (Phi) is 4.59. The lowest BCUT2D eigenvalue weighted by Crippen LogP contribution is -2.16. The smallest absolute Gasteiger partial charge is 0.165 e. The second-order valence-corrected chi connectivity index (χ2v) is 5.60. The summed E-state index contributed by atoms with van der Waals surface area (Å²) in [6, 6.07) is 5.47. The largest absolute Gasteiger partial charge is 0.294 e. The zero-order chi connectivity index (χ0) is 11.6. The van der Waals surface area contributed by atoms with Crippen molar-refractivity contribution in [2.45, 2.75) is 20.8 Å². The number of carbonyl (C=O) groups excluding carboxylic acids is 1. The van der Waals surface area contributed by atoms with E-state index in [1.807, 2.05) is 19.1 Å². The number of benzene rings is 1. The molecule has 0 saturated heterocycles. The normalized spacial score (nSPS) is 12.9. The van der Waals surface area contributed by atoms with Crippen molar-refractivity contribution < 1.29 is 4.79 Å². The monoisotopic (exact) mass is 336 g/mol. The van der Waals surface area contributed by atoms with E-state index in [1.165, 1.54) is 0 Å². The molecule has 0 saturated carbocycles. The second-order valence-electron chi connectivity index (χ2n) is 4.03. The van der Waals surface area contributed by atoms with Crippen molar-refractivity contribution in [2.75, 3.05) is 0 Å². The van der Waals surface area contributed by atoms with Crippen LogP contribution in [-0.2, 0) is 0 Å². The fraction of sp³-hybridized carbons (Fsp3) is 0.417. The highest BCUT2D eigenvalue weighted by Gasteiger charge is 2.18. The van der Waals surface area contributed by atoms with Gasteiger partial charge in [0.15, 0.2) is 5.78 Å². The van der Waals surface area contributed by atoms with E-state index in [1.54, 1.807) is 6.07 Å². The topological polar surface area (TPSA) is 17.1 Å². The SMILES string of the molecule is CC(C)C(C)C(=O)c1ccc(I)c(Cl)c1. The molecule has 1 atom stereocenters.